The highest BCUT2D eigenvalue weighted by Crippen LogP contribution is 2.10. The molecule has 1 atom stereocenters. The Morgan fingerprint density at radius 3 is 2.42 bits per heavy atom. The van der Waals surface area contributed by atoms with Crippen molar-refractivity contribution in [1.82, 2.24) is 5.32 Å². The van der Waals surface area contributed by atoms with Gasteiger partial charge in [0.05, 0.1) is 0 Å². The third-order valence-electron chi connectivity index (χ3n) is 1.91. The fourth-order valence-corrected chi connectivity index (χ4v) is 2.72. The number of ether oxygens (including phenoxy) is 1. The topological polar surface area (TPSA) is 75.6 Å². The monoisotopic (exact) mass is 309 g/mol. The van der Waals surface area contributed by atoms with E-state index in [1.807, 2.05) is 6.26 Å². The molecule has 0 aromatic heterocycles. The number of thioether (sulfide) groups is 2. The molecule has 2 N–H and O–H groups in total. The van der Waals surface area contributed by atoms with E-state index in [9.17, 15) is 9.59 Å². The van der Waals surface area contributed by atoms with Crippen LogP contribution in [0.3, 0.4) is 0 Å². The van der Waals surface area contributed by atoms with Gasteiger partial charge in [0, 0.05) is 5.75 Å². The second kappa shape index (κ2) is 9.36. The number of alkyl carbamates (subject to hydrolysis) is 1. The molecule has 0 heterocycles. The number of aliphatic carboxylic acids is 1. The van der Waals surface area contributed by atoms with Crippen molar-refractivity contribution in [3.05, 3.63) is 0 Å². The number of hydrogen-bond donors (Lipinski definition) is 2. The van der Waals surface area contributed by atoms with Gasteiger partial charge in [0.15, 0.2) is 0 Å². The first kappa shape index (κ1) is 18.4. The van der Waals surface area contributed by atoms with Crippen molar-refractivity contribution < 1.29 is 19.4 Å². The Labute approximate surface area is 123 Å². The van der Waals surface area contributed by atoms with E-state index in [0.29, 0.717) is 5.75 Å². The lowest BCUT2D eigenvalue weighted by Crippen LogP contribution is -2.45. The number of carboxylic acids is 1. The van der Waals surface area contributed by atoms with Crippen LogP contribution < -0.4 is 5.32 Å². The van der Waals surface area contributed by atoms with Gasteiger partial charge >= 0.3 is 12.1 Å². The highest BCUT2D eigenvalue weighted by molar-refractivity contribution is 7.99. The number of amides is 1. The molecule has 5 nitrogen and oxygen atoms in total. The lowest BCUT2D eigenvalue weighted by molar-refractivity contribution is -0.138. The molecule has 0 aliphatic rings. The molecule has 0 saturated heterocycles. The average molecular weight is 309 g/mol. The first-order valence-corrected chi connectivity index (χ1v) is 8.60. The second-order valence-electron chi connectivity index (χ2n) is 4.96. The van der Waals surface area contributed by atoms with Crippen LogP contribution in [0.2, 0.25) is 0 Å². The van der Waals surface area contributed by atoms with Gasteiger partial charge in [0.2, 0.25) is 0 Å². The normalized spacial score (nSPS) is 12.8. The molecule has 0 aliphatic carbocycles. The molecule has 0 saturated carbocycles. The first-order valence-electron chi connectivity index (χ1n) is 6.05. The summed E-state index contributed by atoms with van der Waals surface area (Å²) in [6.45, 7) is 5.21. The summed E-state index contributed by atoms with van der Waals surface area (Å²) in [6.07, 6.45) is 2.38. The van der Waals surface area contributed by atoms with Crippen LogP contribution in [0.25, 0.3) is 0 Å². The number of carbonyl (C=O) groups is 2. The Hall–Kier alpha value is -0.560. The number of hydrogen-bond acceptors (Lipinski definition) is 5. The Morgan fingerprint density at radius 2 is 1.95 bits per heavy atom. The minimum Gasteiger partial charge on any atom is -0.480 e. The van der Waals surface area contributed by atoms with E-state index in [4.69, 9.17) is 9.84 Å². The van der Waals surface area contributed by atoms with Crippen molar-refractivity contribution >= 4 is 35.6 Å². The van der Waals surface area contributed by atoms with Crippen LogP contribution in [0.15, 0.2) is 0 Å². The molecule has 0 bridgehead atoms. The van der Waals surface area contributed by atoms with Crippen molar-refractivity contribution in [2.75, 3.05) is 23.5 Å². The highest BCUT2D eigenvalue weighted by atomic mass is 32.2. The molecule has 0 aliphatic heterocycles. The van der Waals surface area contributed by atoms with Gasteiger partial charge in [-0.3, -0.25) is 0 Å². The first-order chi connectivity index (χ1) is 8.76. The SMILES string of the molecule is CSCCCSCC(NC(=O)OC(C)(C)C)C(=O)O. The van der Waals surface area contributed by atoms with Gasteiger partial charge < -0.3 is 15.2 Å². The van der Waals surface area contributed by atoms with Crippen molar-refractivity contribution in [2.24, 2.45) is 0 Å². The summed E-state index contributed by atoms with van der Waals surface area (Å²) in [5, 5.41) is 11.4. The minimum absolute atomic E-state index is 0.350. The summed E-state index contributed by atoms with van der Waals surface area (Å²) in [4.78, 5) is 22.5. The number of carbonyl (C=O) groups excluding carboxylic acids is 1. The Kier molecular flexibility index (Phi) is 9.08. The fourth-order valence-electron chi connectivity index (χ4n) is 1.13. The molecule has 0 aromatic rings. The zero-order valence-corrected chi connectivity index (χ0v) is 13.5. The fraction of sp³-hybridized carbons (Fsp3) is 0.833. The summed E-state index contributed by atoms with van der Waals surface area (Å²) in [7, 11) is 0. The lowest BCUT2D eigenvalue weighted by Gasteiger charge is -2.21. The maximum atomic E-state index is 11.5. The molecule has 0 spiro atoms. The van der Waals surface area contributed by atoms with Crippen LogP contribution in [-0.2, 0) is 9.53 Å². The van der Waals surface area contributed by atoms with E-state index in [-0.39, 0.29) is 0 Å². The van der Waals surface area contributed by atoms with Gasteiger partial charge in [-0.2, -0.15) is 23.5 Å². The number of nitrogens with one attached hydrogen (secondary N) is 1. The molecule has 0 aromatic carbocycles. The Bertz CT molecular complexity index is 292. The average Bonchev–Trinajstić information content (AvgIpc) is 2.24. The molecule has 1 unspecified atom stereocenters. The number of carboxylic acid groups (broad SMARTS) is 1. The molecular weight excluding hydrogens is 286 g/mol. The summed E-state index contributed by atoms with van der Waals surface area (Å²) in [5.74, 6) is 1.26. The zero-order chi connectivity index (χ0) is 14.9. The lowest BCUT2D eigenvalue weighted by atomic mass is 10.2. The van der Waals surface area contributed by atoms with Crippen LogP contribution >= 0.6 is 23.5 Å². The summed E-state index contributed by atoms with van der Waals surface area (Å²) in [5.41, 5.74) is -0.626. The summed E-state index contributed by atoms with van der Waals surface area (Å²) < 4.78 is 5.04. The maximum Gasteiger partial charge on any atom is 0.408 e. The Morgan fingerprint density at radius 1 is 1.32 bits per heavy atom. The standard InChI is InChI=1S/C12H23NO4S2/c1-12(2,3)17-11(16)13-9(10(14)15)8-19-7-5-6-18-4/h9H,5-8H2,1-4H3,(H,13,16)(H,14,15). The van der Waals surface area contributed by atoms with Crippen molar-refractivity contribution in [1.29, 1.82) is 0 Å². The van der Waals surface area contributed by atoms with Crippen LogP contribution in [0.4, 0.5) is 4.79 Å². The predicted molar refractivity (Wildman–Crippen MR) is 81.1 cm³/mol. The number of rotatable bonds is 8. The predicted octanol–water partition coefficient (Wildman–Crippen LogP) is 2.45. The van der Waals surface area contributed by atoms with Crippen LogP contribution in [0.1, 0.15) is 27.2 Å². The zero-order valence-electron chi connectivity index (χ0n) is 11.9. The van der Waals surface area contributed by atoms with Gasteiger partial charge in [-0.15, -0.1) is 0 Å². The highest BCUT2D eigenvalue weighted by Gasteiger charge is 2.23. The molecule has 19 heavy (non-hydrogen) atoms. The molecule has 1 amide bonds. The molecule has 0 rings (SSSR count). The summed E-state index contributed by atoms with van der Waals surface area (Å²) in [6, 6.07) is -0.908. The van der Waals surface area contributed by atoms with E-state index in [0.717, 1.165) is 17.9 Å². The van der Waals surface area contributed by atoms with E-state index < -0.39 is 23.7 Å². The van der Waals surface area contributed by atoms with E-state index in [1.165, 1.54) is 11.8 Å². The third kappa shape index (κ3) is 11.0. The quantitative estimate of drug-likeness (QED) is 0.671. The van der Waals surface area contributed by atoms with Crippen LogP contribution in [0, 0.1) is 0 Å². The van der Waals surface area contributed by atoms with Crippen molar-refractivity contribution in [3.63, 3.8) is 0 Å². The Balaban J connectivity index is 4.05. The van der Waals surface area contributed by atoms with E-state index >= 15 is 0 Å². The van der Waals surface area contributed by atoms with Crippen molar-refractivity contribution in [2.45, 2.75) is 38.8 Å². The van der Waals surface area contributed by atoms with Crippen molar-refractivity contribution in [3.8, 4) is 0 Å². The van der Waals surface area contributed by atoms with Gasteiger partial charge in [-0.05, 0) is 45.0 Å². The van der Waals surface area contributed by atoms with E-state index in [2.05, 4.69) is 5.32 Å². The van der Waals surface area contributed by atoms with Crippen LogP contribution in [-0.4, -0.2) is 52.3 Å². The summed E-state index contributed by atoms with van der Waals surface area (Å²) >= 11 is 3.29. The van der Waals surface area contributed by atoms with Gasteiger partial charge in [-0.25, -0.2) is 9.59 Å². The van der Waals surface area contributed by atoms with Crippen LogP contribution in [0.5, 0.6) is 0 Å². The van der Waals surface area contributed by atoms with Gasteiger partial charge in [-0.1, -0.05) is 0 Å². The maximum absolute atomic E-state index is 11.5. The molecule has 112 valence electrons. The largest absolute Gasteiger partial charge is 0.480 e. The smallest absolute Gasteiger partial charge is 0.408 e. The molecule has 0 radical (unpaired) electrons. The second-order valence-corrected chi connectivity index (χ2v) is 7.09. The van der Waals surface area contributed by atoms with E-state index in [1.54, 1.807) is 32.5 Å². The van der Waals surface area contributed by atoms with Gasteiger partial charge in [0.25, 0.3) is 0 Å². The minimum atomic E-state index is -1.04. The van der Waals surface area contributed by atoms with Gasteiger partial charge in [0.1, 0.15) is 11.6 Å². The molecule has 7 heteroatoms. The molecular formula is C12H23NO4S2. The third-order valence-corrected chi connectivity index (χ3v) is 3.75. The molecule has 0 fully saturated rings.